The monoisotopic (exact) mass is 309 g/mol. The standard InChI is InChI=1S/C14H12ClNO5/c1-2-7-8(10-6-11(14(17)18)21-16-10)5-9(15)13-12(7)19-3-4-20-13/h5-6H,2-4H2,1H3,(H,17,18). The van der Waals surface area contributed by atoms with Gasteiger partial charge in [-0.2, -0.15) is 0 Å². The first kappa shape index (κ1) is 13.8. The van der Waals surface area contributed by atoms with Gasteiger partial charge in [0.1, 0.15) is 18.9 Å². The summed E-state index contributed by atoms with van der Waals surface area (Å²) in [5, 5.41) is 13.1. The van der Waals surface area contributed by atoms with Gasteiger partial charge in [0.25, 0.3) is 0 Å². The average molecular weight is 310 g/mol. The zero-order valence-corrected chi connectivity index (χ0v) is 11.9. The molecule has 3 rings (SSSR count). The van der Waals surface area contributed by atoms with Crippen molar-refractivity contribution < 1.29 is 23.9 Å². The lowest BCUT2D eigenvalue weighted by Gasteiger charge is -2.23. The number of hydrogen-bond donors (Lipinski definition) is 1. The molecule has 1 aliphatic rings. The topological polar surface area (TPSA) is 81.8 Å². The summed E-state index contributed by atoms with van der Waals surface area (Å²) in [5.74, 6) is -0.287. The van der Waals surface area contributed by atoms with Gasteiger partial charge in [0.05, 0.1) is 5.02 Å². The van der Waals surface area contributed by atoms with Gasteiger partial charge < -0.3 is 19.1 Å². The minimum absolute atomic E-state index is 0.224. The molecule has 6 nitrogen and oxygen atoms in total. The van der Waals surface area contributed by atoms with Crippen LogP contribution in [0.3, 0.4) is 0 Å². The molecule has 1 N–H and O–H groups in total. The van der Waals surface area contributed by atoms with E-state index in [1.807, 2.05) is 6.92 Å². The number of rotatable bonds is 3. The molecule has 2 heterocycles. The highest BCUT2D eigenvalue weighted by molar-refractivity contribution is 6.32. The Balaban J connectivity index is 2.17. The van der Waals surface area contributed by atoms with Crippen molar-refractivity contribution in [3.05, 3.63) is 28.5 Å². The molecular weight excluding hydrogens is 298 g/mol. The molecule has 0 aliphatic carbocycles. The van der Waals surface area contributed by atoms with Crippen molar-refractivity contribution in [3.8, 4) is 22.8 Å². The molecule has 21 heavy (non-hydrogen) atoms. The number of carboxylic acid groups (broad SMARTS) is 1. The zero-order valence-electron chi connectivity index (χ0n) is 11.2. The van der Waals surface area contributed by atoms with Crippen LogP contribution in [-0.2, 0) is 6.42 Å². The molecule has 1 aromatic carbocycles. The van der Waals surface area contributed by atoms with Crippen molar-refractivity contribution in [2.24, 2.45) is 0 Å². The van der Waals surface area contributed by atoms with Crippen molar-refractivity contribution in [1.29, 1.82) is 0 Å². The molecule has 110 valence electrons. The van der Waals surface area contributed by atoms with Crippen LogP contribution in [0.2, 0.25) is 5.02 Å². The third-order valence-corrected chi connectivity index (χ3v) is 3.50. The molecule has 7 heteroatoms. The summed E-state index contributed by atoms with van der Waals surface area (Å²) in [6, 6.07) is 3.06. The van der Waals surface area contributed by atoms with Crippen LogP contribution in [0.4, 0.5) is 0 Å². The highest BCUT2D eigenvalue weighted by atomic mass is 35.5. The summed E-state index contributed by atoms with van der Waals surface area (Å²) < 4.78 is 16.0. The fraction of sp³-hybridized carbons (Fsp3) is 0.286. The number of carbonyl (C=O) groups is 1. The number of nitrogens with zero attached hydrogens (tertiary/aromatic N) is 1. The molecule has 0 bridgehead atoms. The molecule has 1 aliphatic heterocycles. The van der Waals surface area contributed by atoms with E-state index in [0.29, 0.717) is 47.4 Å². The Morgan fingerprint density at radius 3 is 2.67 bits per heavy atom. The van der Waals surface area contributed by atoms with E-state index in [9.17, 15) is 4.79 Å². The van der Waals surface area contributed by atoms with Crippen LogP contribution in [0.25, 0.3) is 11.3 Å². The zero-order chi connectivity index (χ0) is 15.0. The van der Waals surface area contributed by atoms with Crippen molar-refractivity contribution in [3.63, 3.8) is 0 Å². The third kappa shape index (κ3) is 2.31. The molecule has 0 saturated heterocycles. The van der Waals surface area contributed by atoms with E-state index < -0.39 is 5.97 Å². The maximum absolute atomic E-state index is 10.9. The van der Waals surface area contributed by atoms with E-state index in [0.717, 1.165) is 5.56 Å². The van der Waals surface area contributed by atoms with E-state index in [1.165, 1.54) is 6.07 Å². The average Bonchev–Trinajstić information content (AvgIpc) is 2.97. The van der Waals surface area contributed by atoms with Crippen molar-refractivity contribution in [2.75, 3.05) is 13.2 Å². The van der Waals surface area contributed by atoms with Crippen molar-refractivity contribution >= 4 is 17.6 Å². The third-order valence-electron chi connectivity index (χ3n) is 3.22. The lowest BCUT2D eigenvalue weighted by atomic mass is 10.00. The predicted octanol–water partition coefficient (Wildman–Crippen LogP) is 3.03. The quantitative estimate of drug-likeness (QED) is 0.938. The maximum Gasteiger partial charge on any atom is 0.374 e. The van der Waals surface area contributed by atoms with Crippen LogP contribution in [0.15, 0.2) is 16.7 Å². The first-order chi connectivity index (χ1) is 10.1. The van der Waals surface area contributed by atoms with Gasteiger partial charge in [0.2, 0.25) is 5.76 Å². The Hall–Kier alpha value is -2.21. The van der Waals surface area contributed by atoms with Crippen LogP contribution >= 0.6 is 11.6 Å². The Bertz CT molecular complexity index is 710. The van der Waals surface area contributed by atoms with E-state index in [2.05, 4.69) is 5.16 Å². The molecule has 0 radical (unpaired) electrons. The van der Waals surface area contributed by atoms with Crippen LogP contribution in [-0.4, -0.2) is 29.4 Å². The molecule has 2 aromatic rings. The van der Waals surface area contributed by atoms with Gasteiger partial charge in [0.15, 0.2) is 11.5 Å². The van der Waals surface area contributed by atoms with Gasteiger partial charge in [-0.05, 0) is 12.5 Å². The number of halogens is 1. The first-order valence-corrected chi connectivity index (χ1v) is 6.81. The largest absolute Gasteiger partial charge is 0.486 e. The molecule has 0 atom stereocenters. The van der Waals surface area contributed by atoms with Gasteiger partial charge in [-0.15, -0.1) is 0 Å². The lowest BCUT2D eigenvalue weighted by molar-refractivity contribution is 0.0652. The number of ether oxygens (including phenoxy) is 2. The van der Waals surface area contributed by atoms with E-state index in [1.54, 1.807) is 6.07 Å². The smallest absolute Gasteiger partial charge is 0.374 e. The van der Waals surface area contributed by atoms with Crippen LogP contribution in [0, 0.1) is 0 Å². The Kier molecular flexibility index (Phi) is 3.47. The normalized spacial score (nSPS) is 13.2. The molecular formula is C14H12ClNO5. The maximum atomic E-state index is 10.9. The molecule has 0 unspecified atom stereocenters. The summed E-state index contributed by atoms with van der Waals surface area (Å²) in [6.45, 7) is 2.85. The second-order valence-electron chi connectivity index (χ2n) is 4.47. The summed E-state index contributed by atoms with van der Waals surface area (Å²) in [6.07, 6.45) is 0.660. The summed E-state index contributed by atoms with van der Waals surface area (Å²) >= 11 is 6.22. The highest BCUT2D eigenvalue weighted by Crippen LogP contribution is 2.45. The Morgan fingerprint density at radius 2 is 2.05 bits per heavy atom. The van der Waals surface area contributed by atoms with E-state index in [-0.39, 0.29) is 5.76 Å². The molecule has 1 aromatic heterocycles. The number of hydrogen-bond acceptors (Lipinski definition) is 5. The van der Waals surface area contributed by atoms with Gasteiger partial charge in [-0.3, -0.25) is 0 Å². The molecule has 0 fully saturated rings. The molecule has 0 spiro atoms. The van der Waals surface area contributed by atoms with E-state index >= 15 is 0 Å². The van der Waals surface area contributed by atoms with Gasteiger partial charge >= 0.3 is 5.97 Å². The second-order valence-corrected chi connectivity index (χ2v) is 4.88. The number of fused-ring (bicyclic) bond motifs is 1. The Labute approximate surface area is 125 Å². The number of carboxylic acids is 1. The van der Waals surface area contributed by atoms with Crippen molar-refractivity contribution in [2.45, 2.75) is 13.3 Å². The van der Waals surface area contributed by atoms with Crippen LogP contribution in [0.1, 0.15) is 23.0 Å². The van der Waals surface area contributed by atoms with Gasteiger partial charge in [-0.25, -0.2) is 4.79 Å². The van der Waals surface area contributed by atoms with Gasteiger partial charge in [-0.1, -0.05) is 23.7 Å². The highest BCUT2D eigenvalue weighted by Gasteiger charge is 2.24. The predicted molar refractivity (Wildman–Crippen MR) is 74.3 cm³/mol. The Morgan fingerprint density at radius 1 is 1.33 bits per heavy atom. The number of aromatic nitrogens is 1. The SMILES string of the molecule is CCc1c(-c2cc(C(=O)O)on2)cc(Cl)c2c1OCCO2. The van der Waals surface area contributed by atoms with Crippen LogP contribution < -0.4 is 9.47 Å². The minimum atomic E-state index is -1.17. The number of aromatic carboxylic acids is 1. The molecule has 0 saturated carbocycles. The fourth-order valence-electron chi connectivity index (χ4n) is 2.30. The minimum Gasteiger partial charge on any atom is -0.486 e. The summed E-state index contributed by atoms with van der Waals surface area (Å²) in [4.78, 5) is 10.9. The number of benzene rings is 1. The van der Waals surface area contributed by atoms with Crippen molar-refractivity contribution in [1.82, 2.24) is 5.16 Å². The second kappa shape index (κ2) is 5.29. The van der Waals surface area contributed by atoms with E-state index in [4.69, 9.17) is 30.7 Å². The van der Waals surface area contributed by atoms with Gasteiger partial charge in [0, 0.05) is 17.2 Å². The first-order valence-electron chi connectivity index (χ1n) is 6.43. The van der Waals surface area contributed by atoms with Crippen LogP contribution in [0.5, 0.6) is 11.5 Å². The lowest BCUT2D eigenvalue weighted by Crippen LogP contribution is -2.17. The fourth-order valence-corrected chi connectivity index (χ4v) is 2.55. The summed E-state index contributed by atoms with van der Waals surface area (Å²) in [7, 11) is 0. The summed E-state index contributed by atoms with van der Waals surface area (Å²) in [5.41, 5.74) is 1.95. The molecule has 0 amide bonds.